The topological polar surface area (TPSA) is 41.6 Å². The molecule has 0 aromatic rings. The number of nitrogens with one attached hydrogen (secondary N) is 1. The summed E-state index contributed by atoms with van der Waals surface area (Å²) < 4.78 is 5.58. The van der Waals surface area contributed by atoms with E-state index in [-0.39, 0.29) is 6.10 Å². The Morgan fingerprint density at radius 3 is 2.72 bits per heavy atom. The zero-order chi connectivity index (χ0) is 12.8. The lowest BCUT2D eigenvalue weighted by Gasteiger charge is -2.35. The maximum atomic E-state index is 12.4. The van der Waals surface area contributed by atoms with Crippen LogP contribution in [-0.4, -0.2) is 49.2 Å². The van der Waals surface area contributed by atoms with Crippen LogP contribution < -0.4 is 5.32 Å². The number of carbonyl (C=O) groups excluding carboxylic acids is 1. The molecule has 0 saturated carbocycles. The van der Waals surface area contributed by atoms with Crippen molar-refractivity contribution in [3.05, 3.63) is 0 Å². The van der Waals surface area contributed by atoms with Crippen LogP contribution in [0.3, 0.4) is 0 Å². The highest BCUT2D eigenvalue weighted by atomic mass is 16.5. The van der Waals surface area contributed by atoms with Gasteiger partial charge in [0, 0.05) is 19.2 Å². The molecule has 1 unspecified atom stereocenters. The molecule has 0 aliphatic carbocycles. The van der Waals surface area contributed by atoms with Gasteiger partial charge < -0.3 is 15.0 Å². The predicted molar refractivity (Wildman–Crippen MR) is 71.5 cm³/mol. The average Bonchev–Trinajstić information content (AvgIpc) is 2.89. The zero-order valence-electron chi connectivity index (χ0n) is 11.5. The average molecular weight is 254 g/mol. The SMILES string of the molecule is CCCN(C(=O)CC1CCCO1)C1CCNCC1. The molecule has 0 aromatic carbocycles. The summed E-state index contributed by atoms with van der Waals surface area (Å²) in [6.45, 7) is 5.96. The molecule has 0 radical (unpaired) electrons. The first-order chi connectivity index (χ1) is 8.81. The Morgan fingerprint density at radius 1 is 1.33 bits per heavy atom. The smallest absolute Gasteiger partial charge is 0.225 e. The van der Waals surface area contributed by atoms with Crippen molar-refractivity contribution >= 4 is 5.91 Å². The van der Waals surface area contributed by atoms with Crippen LogP contribution >= 0.6 is 0 Å². The number of amides is 1. The Hall–Kier alpha value is -0.610. The molecule has 1 N–H and O–H groups in total. The second-order valence-electron chi connectivity index (χ2n) is 5.41. The molecule has 1 amide bonds. The summed E-state index contributed by atoms with van der Waals surface area (Å²) in [5, 5.41) is 3.36. The van der Waals surface area contributed by atoms with Gasteiger partial charge in [-0.05, 0) is 45.2 Å². The van der Waals surface area contributed by atoms with E-state index >= 15 is 0 Å². The van der Waals surface area contributed by atoms with Gasteiger partial charge in [0.15, 0.2) is 0 Å². The van der Waals surface area contributed by atoms with Gasteiger partial charge >= 0.3 is 0 Å². The molecular weight excluding hydrogens is 228 g/mol. The van der Waals surface area contributed by atoms with Gasteiger partial charge in [0.1, 0.15) is 0 Å². The van der Waals surface area contributed by atoms with Crippen LogP contribution in [0.5, 0.6) is 0 Å². The lowest BCUT2D eigenvalue weighted by molar-refractivity contribution is -0.136. The van der Waals surface area contributed by atoms with Crippen molar-refractivity contribution in [1.82, 2.24) is 10.2 Å². The largest absolute Gasteiger partial charge is 0.378 e. The second-order valence-corrected chi connectivity index (χ2v) is 5.41. The molecular formula is C14H26N2O2. The first-order valence-corrected chi connectivity index (χ1v) is 7.43. The molecule has 2 heterocycles. The fraction of sp³-hybridized carbons (Fsp3) is 0.929. The third kappa shape index (κ3) is 3.69. The van der Waals surface area contributed by atoms with E-state index in [0.29, 0.717) is 18.4 Å². The molecule has 2 fully saturated rings. The minimum Gasteiger partial charge on any atom is -0.378 e. The van der Waals surface area contributed by atoms with Crippen LogP contribution in [0.2, 0.25) is 0 Å². The summed E-state index contributed by atoms with van der Waals surface area (Å²) in [5.41, 5.74) is 0. The Balaban J connectivity index is 1.87. The van der Waals surface area contributed by atoms with E-state index in [1.807, 2.05) is 0 Å². The minimum absolute atomic E-state index is 0.179. The van der Waals surface area contributed by atoms with Gasteiger partial charge in [-0.3, -0.25) is 4.79 Å². The van der Waals surface area contributed by atoms with Crippen molar-refractivity contribution < 1.29 is 9.53 Å². The van der Waals surface area contributed by atoms with Crippen molar-refractivity contribution in [2.75, 3.05) is 26.2 Å². The van der Waals surface area contributed by atoms with Crippen LogP contribution in [0.25, 0.3) is 0 Å². The van der Waals surface area contributed by atoms with E-state index in [1.165, 1.54) is 0 Å². The highest BCUT2D eigenvalue weighted by Gasteiger charge is 2.27. The monoisotopic (exact) mass is 254 g/mol. The zero-order valence-corrected chi connectivity index (χ0v) is 11.5. The maximum Gasteiger partial charge on any atom is 0.225 e. The van der Waals surface area contributed by atoms with E-state index in [9.17, 15) is 4.79 Å². The molecule has 4 nitrogen and oxygen atoms in total. The molecule has 2 aliphatic heterocycles. The maximum absolute atomic E-state index is 12.4. The van der Waals surface area contributed by atoms with Crippen molar-refractivity contribution in [3.63, 3.8) is 0 Å². The highest BCUT2D eigenvalue weighted by molar-refractivity contribution is 5.77. The molecule has 1 atom stereocenters. The Labute approximate surface area is 110 Å². The molecule has 0 bridgehead atoms. The first-order valence-electron chi connectivity index (χ1n) is 7.43. The van der Waals surface area contributed by atoms with Crippen LogP contribution in [0.15, 0.2) is 0 Å². The molecule has 0 aromatic heterocycles. The van der Waals surface area contributed by atoms with Gasteiger partial charge in [0.05, 0.1) is 12.5 Å². The Kier molecular flexibility index (Phi) is 5.45. The first kappa shape index (κ1) is 13.8. The van der Waals surface area contributed by atoms with Crippen molar-refractivity contribution in [1.29, 1.82) is 0 Å². The Morgan fingerprint density at radius 2 is 2.11 bits per heavy atom. The van der Waals surface area contributed by atoms with Crippen LogP contribution in [0.1, 0.15) is 45.4 Å². The van der Waals surface area contributed by atoms with Gasteiger partial charge in [-0.25, -0.2) is 0 Å². The van der Waals surface area contributed by atoms with Gasteiger partial charge in [-0.2, -0.15) is 0 Å². The van der Waals surface area contributed by atoms with Crippen molar-refractivity contribution in [3.8, 4) is 0 Å². The number of hydrogen-bond donors (Lipinski definition) is 1. The van der Waals surface area contributed by atoms with E-state index in [1.54, 1.807) is 0 Å². The molecule has 2 aliphatic rings. The third-order valence-electron chi connectivity index (χ3n) is 3.96. The van der Waals surface area contributed by atoms with Crippen LogP contribution in [0.4, 0.5) is 0 Å². The number of nitrogens with zero attached hydrogens (tertiary/aromatic N) is 1. The van der Waals surface area contributed by atoms with Crippen LogP contribution in [-0.2, 0) is 9.53 Å². The van der Waals surface area contributed by atoms with Gasteiger partial charge in [-0.15, -0.1) is 0 Å². The summed E-state index contributed by atoms with van der Waals surface area (Å²) in [4.78, 5) is 14.5. The number of ether oxygens (including phenoxy) is 1. The quantitative estimate of drug-likeness (QED) is 0.809. The highest BCUT2D eigenvalue weighted by Crippen LogP contribution is 2.19. The lowest BCUT2D eigenvalue weighted by atomic mass is 10.0. The lowest BCUT2D eigenvalue weighted by Crippen LogP contribution is -2.47. The molecule has 2 rings (SSSR count). The Bertz CT molecular complexity index is 259. The number of piperidine rings is 1. The number of hydrogen-bond acceptors (Lipinski definition) is 3. The standard InChI is InChI=1S/C14H26N2O2/c1-2-9-16(12-5-7-15-8-6-12)14(17)11-13-4-3-10-18-13/h12-13,15H,2-11H2,1H3. The molecule has 2 saturated heterocycles. The van der Waals surface area contributed by atoms with Crippen molar-refractivity contribution in [2.45, 2.75) is 57.6 Å². The number of carbonyl (C=O) groups is 1. The molecule has 104 valence electrons. The van der Waals surface area contributed by atoms with E-state index in [2.05, 4.69) is 17.1 Å². The fourth-order valence-corrected chi connectivity index (χ4v) is 2.99. The predicted octanol–water partition coefficient (Wildman–Crippen LogP) is 1.55. The number of rotatable bonds is 5. The molecule has 18 heavy (non-hydrogen) atoms. The normalized spacial score (nSPS) is 25.3. The summed E-state index contributed by atoms with van der Waals surface area (Å²) >= 11 is 0. The third-order valence-corrected chi connectivity index (χ3v) is 3.96. The van der Waals surface area contributed by atoms with E-state index in [4.69, 9.17) is 4.74 Å². The van der Waals surface area contributed by atoms with E-state index in [0.717, 1.165) is 58.3 Å². The second kappa shape index (κ2) is 7.10. The van der Waals surface area contributed by atoms with Crippen molar-refractivity contribution in [2.24, 2.45) is 0 Å². The summed E-state index contributed by atoms with van der Waals surface area (Å²) in [5.74, 6) is 0.302. The minimum atomic E-state index is 0.179. The van der Waals surface area contributed by atoms with Crippen LogP contribution in [0, 0.1) is 0 Å². The van der Waals surface area contributed by atoms with Gasteiger partial charge in [-0.1, -0.05) is 6.92 Å². The van der Waals surface area contributed by atoms with Gasteiger partial charge in [0.25, 0.3) is 0 Å². The van der Waals surface area contributed by atoms with Gasteiger partial charge in [0.2, 0.25) is 5.91 Å². The fourth-order valence-electron chi connectivity index (χ4n) is 2.99. The summed E-state index contributed by atoms with van der Waals surface area (Å²) in [7, 11) is 0. The summed E-state index contributed by atoms with van der Waals surface area (Å²) in [6.07, 6.45) is 6.16. The molecule has 4 heteroatoms. The summed E-state index contributed by atoms with van der Waals surface area (Å²) in [6, 6.07) is 0.445. The van der Waals surface area contributed by atoms with E-state index < -0.39 is 0 Å². The molecule has 0 spiro atoms.